The van der Waals surface area contributed by atoms with E-state index >= 15 is 0 Å². The zero-order valence-corrected chi connectivity index (χ0v) is 15.4. The summed E-state index contributed by atoms with van der Waals surface area (Å²) in [5.41, 5.74) is 0. The molecule has 3 rings (SSSR count). The van der Waals surface area contributed by atoms with E-state index in [2.05, 4.69) is 15.5 Å². The lowest BCUT2D eigenvalue weighted by Crippen LogP contribution is -2.41. The van der Waals surface area contributed by atoms with Gasteiger partial charge in [-0.1, -0.05) is 11.3 Å². The molecular weight excluding hydrogens is 386 g/mol. The van der Waals surface area contributed by atoms with Gasteiger partial charge in [-0.25, -0.2) is 17.2 Å². The third-order valence-corrected chi connectivity index (χ3v) is 6.76. The van der Waals surface area contributed by atoms with E-state index in [0.717, 1.165) is 21.4 Å². The van der Waals surface area contributed by atoms with Crippen molar-refractivity contribution >= 4 is 32.4 Å². The van der Waals surface area contributed by atoms with Crippen molar-refractivity contribution in [2.24, 2.45) is 5.92 Å². The first-order valence-electron chi connectivity index (χ1n) is 7.83. The molecule has 1 amide bonds. The van der Waals surface area contributed by atoms with Crippen molar-refractivity contribution in [3.05, 3.63) is 34.8 Å². The molecule has 0 atom stereocenters. The molecule has 0 unspecified atom stereocenters. The summed E-state index contributed by atoms with van der Waals surface area (Å²) in [4.78, 5) is 11.6. The largest absolute Gasteiger partial charge is 0.300 e. The molecular formula is C15H16F2N4O3S2. The van der Waals surface area contributed by atoms with Crippen LogP contribution < -0.4 is 5.32 Å². The lowest BCUT2D eigenvalue weighted by Gasteiger charge is -2.30. The predicted octanol–water partition coefficient (Wildman–Crippen LogP) is 2.16. The summed E-state index contributed by atoms with van der Waals surface area (Å²) >= 11 is 1.25. The molecule has 1 aliphatic rings. The SMILES string of the molecule is Cc1nnc(NC(=O)C2CCN(S(=O)(=O)c3cc(F)ccc3F)CC2)s1. The van der Waals surface area contributed by atoms with E-state index in [1.807, 2.05) is 0 Å². The number of benzene rings is 1. The maximum absolute atomic E-state index is 13.8. The van der Waals surface area contributed by atoms with Crippen molar-refractivity contribution in [3.63, 3.8) is 0 Å². The quantitative estimate of drug-likeness (QED) is 0.846. The van der Waals surface area contributed by atoms with Crippen LogP contribution in [0.15, 0.2) is 23.1 Å². The van der Waals surface area contributed by atoms with Crippen LogP contribution in [0.4, 0.5) is 13.9 Å². The Kier molecular flexibility index (Phi) is 5.30. The molecule has 2 aromatic rings. The van der Waals surface area contributed by atoms with Crippen molar-refractivity contribution in [1.82, 2.24) is 14.5 Å². The number of aromatic nitrogens is 2. The molecule has 1 aliphatic heterocycles. The topological polar surface area (TPSA) is 92.3 Å². The van der Waals surface area contributed by atoms with Gasteiger partial charge in [0, 0.05) is 19.0 Å². The average Bonchev–Trinajstić information content (AvgIpc) is 3.02. The molecule has 2 heterocycles. The molecule has 0 saturated carbocycles. The smallest absolute Gasteiger partial charge is 0.246 e. The van der Waals surface area contributed by atoms with E-state index in [9.17, 15) is 22.0 Å². The van der Waals surface area contributed by atoms with E-state index in [1.165, 1.54) is 11.3 Å². The van der Waals surface area contributed by atoms with Crippen molar-refractivity contribution in [2.45, 2.75) is 24.7 Å². The Morgan fingerprint density at radius 3 is 2.58 bits per heavy atom. The summed E-state index contributed by atoms with van der Waals surface area (Å²) in [5, 5.41) is 11.4. The molecule has 0 aliphatic carbocycles. The second-order valence-corrected chi connectivity index (χ2v) is 8.96. The average molecular weight is 402 g/mol. The van der Waals surface area contributed by atoms with Crippen molar-refractivity contribution in [2.75, 3.05) is 18.4 Å². The lowest BCUT2D eigenvalue weighted by atomic mass is 9.97. The van der Waals surface area contributed by atoms with Crippen LogP contribution in [0, 0.1) is 24.5 Å². The predicted molar refractivity (Wildman–Crippen MR) is 91.1 cm³/mol. The molecule has 1 fully saturated rings. The fourth-order valence-electron chi connectivity index (χ4n) is 2.73. The van der Waals surface area contributed by atoms with E-state index < -0.39 is 26.6 Å². The number of carbonyl (C=O) groups is 1. The number of piperidine rings is 1. The number of aryl methyl sites for hydroxylation is 1. The van der Waals surface area contributed by atoms with Gasteiger partial charge in [0.05, 0.1) is 0 Å². The molecule has 1 aromatic heterocycles. The summed E-state index contributed by atoms with van der Waals surface area (Å²) in [6.45, 7) is 1.86. The van der Waals surface area contributed by atoms with Crippen LogP contribution in [0.3, 0.4) is 0 Å². The standard InChI is InChI=1S/C15H16F2N4O3S2/c1-9-19-20-15(25-9)18-14(22)10-4-6-21(7-5-10)26(23,24)13-8-11(16)2-3-12(13)17/h2-3,8,10H,4-7H2,1H3,(H,18,20,22). The van der Waals surface area contributed by atoms with E-state index in [1.54, 1.807) is 6.92 Å². The number of anilines is 1. The minimum absolute atomic E-state index is 0.0471. The first-order chi connectivity index (χ1) is 12.3. The summed E-state index contributed by atoms with van der Waals surface area (Å²) in [5.74, 6) is -2.47. The number of nitrogens with zero attached hydrogens (tertiary/aromatic N) is 3. The van der Waals surface area contributed by atoms with Crippen molar-refractivity contribution in [3.8, 4) is 0 Å². The van der Waals surface area contributed by atoms with Crippen LogP contribution in [-0.2, 0) is 14.8 Å². The number of hydrogen-bond acceptors (Lipinski definition) is 6. The zero-order chi connectivity index (χ0) is 18.9. The highest BCUT2D eigenvalue weighted by Gasteiger charge is 2.34. The van der Waals surface area contributed by atoms with Crippen LogP contribution >= 0.6 is 11.3 Å². The number of sulfonamides is 1. The number of halogens is 2. The highest BCUT2D eigenvalue weighted by atomic mass is 32.2. The Bertz CT molecular complexity index is 925. The van der Waals surface area contributed by atoms with E-state index in [-0.39, 0.29) is 37.8 Å². The van der Waals surface area contributed by atoms with Crippen molar-refractivity contribution < 1.29 is 22.0 Å². The summed E-state index contributed by atoms with van der Waals surface area (Å²) in [6, 6.07) is 2.31. The molecule has 0 bridgehead atoms. The molecule has 1 saturated heterocycles. The third kappa shape index (κ3) is 3.89. The third-order valence-electron chi connectivity index (χ3n) is 4.09. The van der Waals surface area contributed by atoms with Gasteiger partial charge in [0.2, 0.25) is 21.1 Å². The monoisotopic (exact) mass is 402 g/mol. The van der Waals surface area contributed by atoms with Crippen molar-refractivity contribution in [1.29, 1.82) is 0 Å². The maximum Gasteiger partial charge on any atom is 0.246 e. The number of rotatable bonds is 4. The van der Waals surface area contributed by atoms with Gasteiger partial charge in [-0.15, -0.1) is 10.2 Å². The van der Waals surface area contributed by atoms with Crippen LogP contribution in [0.25, 0.3) is 0 Å². The van der Waals surface area contributed by atoms with Gasteiger partial charge in [0.1, 0.15) is 21.5 Å². The minimum Gasteiger partial charge on any atom is -0.300 e. The zero-order valence-electron chi connectivity index (χ0n) is 13.8. The normalized spacial score (nSPS) is 16.6. The van der Waals surface area contributed by atoms with Gasteiger partial charge in [-0.3, -0.25) is 4.79 Å². The first kappa shape index (κ1) is 18.8. The Morgan fingerprint density at radius 2 is 1.96 bits per heavy atom. The second kappa shape index (κ2) is 7.33. The van der Waals surface area contributed by atoms with Crippen LogP contribution in [-0.4, -0.2) is 41.9 Å². The molecule has 140 valence electrons. The van der Waals surface area contributed by atoms with Gasteiger partial charge in [0.15, 0.2) is 0 Å². The number of carbonyl (C=O) groups excluding carboxylic acids is 1. The van der Waals surface area contributed by atoms with Crippen LogP contribution in [0.1, 0.15) is 17.8 Å². The molecule has 1 aromatic carbocycles. The Labute approximate surface area is 153 Å². The molecule has 7 nitrogen and oxygen atoms in total. The Hall–Kier alpha value is -1.98. The fourth-order valence-corrected chi connectivity index (χ4v) is 4.87. The summed E-state index contributed by atoms with van der Waals surface area (Å²) in [7, 11) is -4.15. The van der Waals surface area contributed by atoms with Gasteiger partial charge in [-0.05, 0) is 38.0 Å². The fraction of sp³-hybridized carbons (Fsp3) is 0.400. The number of amides is 1. The molecule has 26 heavy (non-hydrogen) atoms. The maximum atomic E-state index is 13.8. The van der Waals surface area contributed by atoms with Gasteiger partial charge in [0.25, 0.3) is 0 Å². The molecule has 0 radical (unpaired) electrons. The molecule has 0 spiro atoms. The van der Waals surface area contributed by atoms with Crippen LogP contribution in [0.5, 0.6) is 0 Å². The lowest BCUT2D eigenvalue weighted by molar-refractivity contribution is -0.120. The Morgan fingerprint density at radius 1 is 1.27 bits per heavy atom. The highest BCUT2D eigenvalue weighted by Crippen LogP contribution is 2.27. The first-order valence-corrected chi connectivity index (χ1v) is 10.1. The van der Waals surface area contributed by atoms with Gasteiger partial charge in [-0.2, -0.15) is 4.31 Å². The Balaban J connectivity index is 1.66. The molecule has 1 N–H and O–H groups in total. The van der Waals surface area contributed by atoms with Gasteiger partial charge < -0.3 is 5.32 Å². The van der Waals surface area contributed by atoms with Gasteiger partial charge >= 0.3 is 0 Å². The summed E-state index contributed by atoms with van der Waals surface area (Å²) in [6.07, 6.45) is 0.555. The number of nitrogens with one attached hydrogen (secondary N) is 1. The number of hydrogen-bond donors (Lipinski definition) is 1. The second-order valence-electron chi connectivity index (χ2n) is 5.87. The van der Waals surface area contributed by atoms with E-state index in [0.29, 0.717) is 11.2 Å². The van der Waals surface area contributed by atoms with Crippen LogP contribution in [0.2, 0.25) is 0 Å². The summed E-state index contributed by atoms with van der Waals surface area (Å²) < 4.78 is 53.3. The molecule has 11 heteroatoms. The highest BCUT2D eigenvalue weighted by molar-refractivity contribution is 7.89. The minimum atomic E-state index is -4.15. The van der Waals surface area contributed by atoms with E-state index in [4.69, 9.17) is 0 Å².